The Balaban J connectivity index is 1.79. The number of halogens is 3. The first-order chi connectivity index (χ1) is 11.8. The molecule has 1 heterocycles. The van der Waals surface area contributed by atoms with E-state index in [0.29, 0.717) is 17.8 Å². The Morgan fingerprint density at radius 3 is 2.48 bits per heavy atom. The van der Waals surface area contributed by atoms with Crippen molar-refractivity contribution >= 4 is 22.4 Å². The number of H-pyrrole nitrogens is 1. The maximum Gasteiger partial charge on any atom is 0.417 e. The lowest BCUT2D eigenvalue weighted by atomic mass is 10.0. The van der Waals surface area contributed by atoms with Gasteiger partial charge in [0.2, 0.25) is 5.91 Å². The molecule has 0 aliphatic rings. The fourth-order valence-corrected chi connectivity index (χ4v) is 2.47. The second kappa shape index (κ2) is 6.43. The molecule has 1 aromatic heterocycles. The van der Waals surface area contributed by atoms with E-state index in [0.717, 1.165) is 10.8 Å². The summed E-state index contributed by atoms with van der Waals surface area (Å²) in [6.07, 6.45) is -4.09. The van der Waals surface area contributed by atoms with Crippen LogP contribution in [0.2, 0.25) is 0 Å². The Morgan fingerprint density at radius 1 is 1.04 bits per heavy atom. The highest BCUT2D eigenvalue weighted by atomic mass is 19.4. The molecule has 0 bridgehead atoms. The fraction of sp³-hybridized carbons (Fsp3) is 0.111. The zero-order valence-electron chi connectivity index (χ0n) is 12.9. The van der Waals surface area contributed by atoms with E-state index in [9.17, 15) is 22.8 Å². The first kappa shape index (κ1) is 16.8. The summed E-state index contributed by atoms with van der Waals surface area (Å²) >= 11 is 0. The second-order valence-corrected chi connectivity index (χ2v) is 5.54. The van der Waals surface area contributed by atoms with Gasteiger partial charge in [0.15, 0.2) is 0 Å². The molecule has 3 aromatic rings. The highest BCUT2D eigenvalue weighted by Crippen LogP contribution is 2.29. The summed E-state index contributed by atoms with van der Waals surface area (Å²) in [4.78, 5) is 25.7. The molecule has 128 valence electrons. The molecule has 2 N–H and O–H groups in total. The number of hydrogen-bond donors (Lipinski definition) is 2. The quantitative estimate of drug-likeness (QED) is 0.759. The molecule has 25 heavy (non-hydrogen) atoms. The standard InChI is InChI=1S/C18H13F3N2O2/c19-18(20,21)14-9-15(17(25)22-10-14)23-16(24)8-11-5-6-12-3-1-2-4-13(12)7-11/h1-7,9-10H,8H2,(H,22,25)(H,23,24). The Morgan fingerprint density at radius 2 is 1.76 bits per heavy atom. The minimum absolute atomic E-state index is 0.0550. The molecule has 3 rings (SSSR count). The Hall–Kier alpha value is -3.09. The lowest BCUT2D eigenvalue weighted by Gasteiger charge is -2.09. The number of aromatic nitrogens is 1. The number of rotatable bonds is 3. The summed E-state index contributed by atoms with van der Waals surface area (Å²) in [6, 6.07) is 13.7. The van der Waals surface area contributed by atoms with Gasteiger partial charge in [-0.15, -0.1) is 0 Å². The topological polar surface area (TPSA) is 62.0 Å². The lowest BCUT2D eigenvalue weighted by Crippen LogP contribution is -2.22. The van der Waals surface area contributed by atoms with Crippen molar-refractivity contribution in [1.82, 2.24) is 4.98 Å². The number of carbonyl (C=O) groups is 1. The molecule has 0 spiro atoms. The molecule has 0 saturated heterocycles. The molecule has 0 radical (unpaired) electrons. The lowest BCUT2D eigenvalue weighted by molar-refractivity contribution is -0.137. The van der Waals surface area contributed by atoms with Gasteiger partial charge in [0.05, 0.1) is 12.0 Å². The predicted octanol–water partition coefficient (Wildman–Crippen LogP) is 3.73. The first-order valence-electron chi connectivity index (χ1n) is 7.40. The van der Waals surface area contributed by atoms with E-state index in [-0.39, 0.29) is 6.42 Å². The van der Waals surface area contributed by atoms with Crippen molar-refractivity contribution in [3.05, 3.63) is 76.2 Å². The number of benzene rings is 2. The van der Waals surface area contributed by atoms with Crippen LogP contribution in [0, 0.1) is 0 Å². The number of hydrogen-bond acceptors (Lipinski definition) is 2. The third kappa shape index (κ3) is 3.88. The van der Waals surface area contributed by atoms with E-state index < -0.39 is 28.9 Å². The van der Waals surface area contributed by atoms with E-state index in [2.05, 4.69) is 5.32 Å². The molecule has 1 amide bonds. The van der Waals surface area contributed by atoms with Crippen LogP contribution in [0.3, 0.4) is 0 Å². The molecular formula is C18H13F3N2O2. The normalized spacial score (nSPS) is 11.5. The number of aromatic amines is 1. The molecule has 7 heteroatoms. The van der Waals surface area contributed by atoms with Gasteiger partial charge >= 0.3 is 6.18 Å². The Kier molecular flexibility index (Phi) is 4.31. The van der Waals surface area contributed by atoms with Crippen LogP contribution >= 0.6 is 0 Å². The number of amides is 1. The van der Waals surface area contributed by atoms with Crippen molar-refractivity contribution in [2.75, 3.05) is 5.32 Å². The van der Waals surface area contributed by atoms with Crippen LogP contribution in [0.1, 0.15) is 11.1 Å². The smallest absolute Gasteiger partial charge is 0.327 e. The molecule has 0 fully saturated rings. The van der Waals surface area contributed by atoms with Gasteiger partial charge in [-0.05, 0) is 22.4 Å². The van der Waals surface area contributed by atoms with E-state index in [1.807, 2.05) is 41.4 Å². The van der Waals surface area contributed by atoms with Gasteiger partial charge < -0.3 is 10.3 Å². The highest BCUT2D eigenvalue weighted by molar-refractivity contribution is 5.93. The van der Waals surface area contributed by atoms with Crippen molar-refractivity contribution in [1.29, 1.82) is 0 Å². The van der Waals surface area contributed by atoms with Gasteiger partial charge in [-0.25, -0.2) is 0 Å². The summed E-state index contributed by atoms with van der Waals surface area (Å²) in [5.74, 6) is -0.569. The maximum atomic E-state index is 12.7. The zero-order valence-corrected chi connectivity index (χ0v) is 12.9. The Bertz CT molecular complexity index is 993. The van der Waals surface area contributed by atoms with Crippen LogP contribution < -0.4 is 10.9 Å². The second-order valence-electron chi connectivity index (χ2n) is 5.54. The summed E-state index contributed by atoms with van der Waals surface area (Å²) in [7, 11) is 0. The van der Waals surface area contributed by atoms with Crippen molar-refractivity contribution in [3.8, 4) is 0 Å². The monoisotopic (exact) mass is 346 g/mol. The SMILES string of the molecule is O=C(Cc1ccc2ccccc2c1)Nc1cc(C(F)(F)F)c[nH]c1=O. The molecule has 0 aliphatic heterocycles. The van der Waals surface area contributed by atoms with E-state index in [4.69, 9.17) is 0 Å². The number of anilines is 1. The van der Waals surface area contributed by atoms with Gasteiger partial charge in [-0.3, -0.25) is 9.59 Å². The predicted molar refractivity (Wildman–Crippen MR) is 88.3 cm³/mol. The summed E-state index contributed by atoms with van der Waals surface area (Å²) < 4.78 is 38.1. The average Bonchev–Trinajstić information content (AvgIpc) is 2.55. The number of fused-ring (bicyclic) bond motifs is 1. The Labute approximate surface area is 140 Å². The first-order valence-corrected chi connectivity index (χ1v) is 7.40. The summed E-state index contributed by atoms with van der Waals surface area (Å²) in [5.41, 5.74) is -1.56. The summed E-state index contributed by atoms with van der Waals surface area (Å²) in [6.45, 7) is 0. The van der Waals surface area contributed by atoms with Gasteiger partial charge in [0.25, 0.3) is 5.56 Å². The minimum atomic E-state index is -4.61. The molecule has 0 unspecified atom stereocenters. The number of nitrogens with one attached hydrogen (secondary N) is 2. The fourth-order valence-electron chi connectivity index (χ4n) is 2.47. The van der Waals surface area contributed by atoms with E-state index >= 15 is 0 Å². The van der Waals surface area contributed by atoms with Crippen LogP contribution in [0.15, 0.2) is 59.5 Å². The van der Waals surface area contributed by atoms with Crippen molar-refractivity contribution in [2.45, 2.75) is 12.6 Å². The van der Waals surface area contributed by atoms with Gasteiger partial charge in [-0.2, -0.15) is 13.2 Å². The van der Waals surface area contributed by atoms with E-state index in [1.54, 1.807) is 6.07 Å². The zero-order chi connectivity index (χ0) is 18.0. The average molecular weight is 346 g/mol. The van der Waals surface area contributed by atoms with Gasteiger partial charge in [0, 0.05) is 6.20 Å². The van der Waals surface area contributed by atoms with Crippen LogP contribution in [0.25, 0.3) is 10.8 Å². The molecule has 4 nitrogen and oxygen atoms in total. The van der Waals surface area contributed by atoms with Crippen LogP contribution in [0.4, 0.5) is 18.9 Å². The largest absolute Gasteiger partial charge is 0.417 e. The van der Waals surface area contributed by atoms with Crippen molar-refractivity contribution in [3.63, 3.8) is 0 Å². The third-order valence-electron chi connectivity index (χ3n) is 3.68. The van der Waals surface area contributed by atoms with E-state index in [1.165, 1.54) is 0 Å². The molecular weight excluding hydrogens is 333 g/mol. The molecule has 0 atom stereocenters. The van der Waals surface area contributed by atoms with Crippen molar-refractivity contribution in [2.24, 2.45) is 0 Å². The van der Waals surface area contributed by atoms with Crippen LogP contribution in [-0.2, 0) is 17.4 Å². The highest BCUT2D eigenvalue weighted by Gasteiger charge is 2.31. The number of alkyl halides is 3. The molecule has 0 aliphatic carbocycles. The number of pyridine rings is 1. The third-order valence-corrected chi connectivity index (χ3v) is 3.68. The van der Waals surface area contributed by atoms with Crippen molar-refractivity contribution < 1.29 is 18.0 Å². The minimum Gasteiger partial charge on any atom is -0.327 e. The molecule has 2 aromatic carbocycles. The molecule has 0 saturated carbocycles. The maximum absolute atomic E-state index is 12.7. The van der Waals surface area contributed by atoms with Gasteiger partial charge in [0.1, 0.15) is 5.69 Å². The van der Waals surface area contributed by atoms with Gasteiger partial charge in [-0.1, -0.05) is 42.5 Å². The van der Waals surface area contributed by atoms with Crippen LogP contribution in [0.5, 0.6) is 0 Å². The summed E-state index contributed by atoms with van der Waals surface area (Å²) in [5, 5.41) is 4.20. The van der Waals surface area contributed by atoms with Crippen LogP contribution in [-0.4, -0.2) is 10.9 Å². The number of carbonyl (C=O) groups excluding carboxylic acids is 1.